The highest BCUT2D eigenvalue weighted by molar-refractivity contribution is 6.31. The van der Waals surface area contributed by atoms with Crippen molar-refractivity contribution in [2.45, 2.75) is 40.2 Å². The van der Waals surface area contributed by atoms with Crippen LogP contribution in [0.15, 0.2) is 36.2 Å². The van der Waals surface area contributed by atoms with Crippen LogP contribution in [-0.2, 0) is 9.53 Å². The number of hydrogen-bond donors (Lipinski definition) is 1. The molecule has 0 amide bonds. The van der Waals surface area contributed by atoms with E-state index >= 15 is 0 Å². The Kier molecular flexibility index (Phi) is 6.21. The molecular weight excluding hydrogens is 324 g/mol. The van der Waals surface area contributed by atoms with E-state index in [4.69, 9.17) is 16.3 Å². The maximum atomic E-state index is 12.6. The van der Waals surface area contributed by atoms with Gasteiger partial charge in [0.2, 0.25) is 0 Å². The van der Waals surface area contributed by atoms with Gasteiger partial charge >= 0.3 is 5.97 Å². The molecule has 4 nitrogen and oxygen atoms in total. The zero-order chi connectivity index (χ0) is 17.7. The van der Waals surface area contributed by atoms with Crippen molar-refractivity contribution in [1.29, 1.82) is 0 Å². The highest BCUT2D eigenvalue weighted by Crippen LogP contribution is 2.28. The normalized spacial score (nSPS) is 13.4. The van der Waals surface area contributed by atoms with Crippen LogP contribution in [0.25, 0.3) is 16.5 Å². The summed E-state index contributed by atoms with van der Waals surface area (Å²) in [6, 6.07) is 7.58. The number of aromatic nitrogens is 1. The Balaban J connectivity index is 2.63. The number of halogens is 1. The minimum absolute atomic E-state index is 0.261. The third-order valence-electron chi connectivity index (χ3n) is 3.90. The molecule has 0 bridgehead atoms. The lowest BCUT2D eigenvalue weighted by atomic mass is 9.99. The Morgan fingerprint density at radius 3 is 2.75 bits per heavy atom. The van der Waals surface area contributed by atoms with Gasteiger partial charge in [-0.2, -0.15) is 0 Å². The minimum atomic E-state index is -0.340. The van der Waals surface area contributed by atoms with Crippen LogP contribution in [0.3, 0.4) is 0 Å². The molecule has 0 spiro atoms. The number of esters is 1. The number of pyridine rings is 1. The predicted molar refractivity (Wildman–Crippen MR) is 98.9 cm³/mol. The van der Waals surface area contributed by atoms with E-state index in [0.717, 1.165) is 28.6 Å². The average Bonchev–Trinajstić information content (AvgIpc) is 2.55. The Labute approximate surface area is 147 Å². The van der Waals surface area contributed by atoms with Crippen LogP contribution in [-0.4, -0.2) is 23.6 Å². The smallest absolute Gasteiger partial charge is 0.340 e. The Morgan fingerprint density at radius 1 is 1.33 bits per heavy atom. The maximum absolute atomic E-state index is 12.6. The molecule has 2 rings (SSSR count). The molecule has 1 unspecified atom stereocenters. The molecule has 2 aromatic rings. The molecule has 5 heteroatoms. The third kappa shape index (κ3) is 4.06. The molecule has 0 fully saturated rings. The quantitative estimate of drug-likeness (QED) is 0.615. The van der Waals surface area contributed by atoms with E-state index in [9.17, 15) is 4.79 Å². The molecule has 24 heavy (non-hydrogen) atoms. The standard InChI is InChI=1S/C19H23ClN2O2/c1-5-12(3)22-13(4)18(19(23)24-6-2)16-9-10-21-17-11-14(20)7-8-15(16)17/h7-12,22H,5-6H2,1-4H3/b18-13-. The van der Waals surface area contributed by atoms with Crippen molar-refractivity contribution in [2.24, 2.45) is 0 Å². The monoisotopic (exact) mass is 346 g/mol. The molecule has 128 valence electrons. The van der Waals surface area contributed by atoms with E-state index in [1.807, 2.05) is 19.1 Å². The highest BCUT2D eigenvalue weighted by atomic mass is 35.5. The van der Waals surface area contributed by atoms with Crippen LogP contribution in [0.4, 0.5) is 0 Å². The third-order valence-corrected chi connectivity index (χ3v) is 4.14. The molecule has 0 saturated heterocycles. The van der Waals surface area contributed by atoms with Gasteiger partial charge in [0.25, 0.3) is 0 Å². The van der Waals surface area contributed by atoms with E-state index in [1.54, 1.807) is 25.3 Å². The van der Waals surface area contributed by atoms with E-state index in [-0.39, 0.29) is 12.0 Å². The molecular formula is C19H23ClN2O2. The first-order valence-electron chi connectivity index (χ1n) is 8.17. The van der Waals surface area contributed by atoms with E-state index in [2.05, 4.69) is 24.1 Å². The first-order valence-corrected chi connectivity index (χ1v) is 8.54. The lowest BCUT2D eigenvalue weighted by Gasteiger charge is -2.18. The number of ether oxygens (including phenoxy) is 1. The number of nitrogens with one attached hydrogen (secondary N) is 1. The highest BCUT2D eigenvalue weighted by Gasteiger charge is 2.20. The molecule has 1 aromatic carbocycles. The molecule has 0 radical (unpaired) electrons. The van der Waals surface area contributed by atoms with E-state index < -0.39 is 0 Å². The van der Waals surface area contributed by atoms with Gasteiger partial charge < -0.3 is 10.1 Å². The molecule has 0 aliphatic carbocycles. The van der Waals surface area contributed by atoms with Gasteiger partial charge in [-0.3, -0.25) is 4.98 Å². The van der Waals surface area contributed by atoms with Crippen molar-refractivity contribution < 1.29 is 9.53 Å². The zero-order valence-corrected chi connectivity index (χ0v) is 15.3. The largest absolute Gasteiger partial charge is 0.462 e. The second-order valence-electron chi connectivity index (χ2n) is 5.69. The van der Waals surface area contributed by atoms with Gasteiger partial charge in [0.1, 0.15) is 0 Å². The Hall–Kier alpha value is -2.07. The summed E-state index contributed by atoms with van der Waals surface area (Å²) in [6.45, 7) is 8.21. The SMILES string of the molecule is CCOC(=O)/C(=C(/C)NC(C)CC)c1ccnc2cc(Cl)ccc12. The summed E-state index contributed by atoms with van der Waals surface area (Å²) in [6.07, 6.45) is 2.64. The summed E-state index contributed by atoms with van der Waals surface area (Å²) < 4.78 is 5.28. The van der Waals surface area contributed by atoms with E-state index in [1.165, 1.54) is 0 Å². The molecule has 1 aromatic heterocycles. The fourth-order valence-corrected chi connectivity index (χ4v) is 2.72. The average molecular weight is 347 g/mol. The number of hydrogen-bond acceptors (Lipinski definition) is 4. The number of nitrogens with zero attached hydrogens (tertiary/aromatic N) is 1. The second-order valence-corrected chi connectivity index (χ2v) is 6.13. The van der Waals surface area contributed by atoms with Crippen LogP contribution in [0.1, 0.15) is 39.7 Å². The van der Waals surface area contributed by atoms with Crippen molar-refractivity contribution in [3.05, 3.63) is 46.7 Å². The van der Waals surface area contributed by atoms with Crippen molar-refractivity contribution in [1.82, 2.24) is 10.3 Å². The lowest BCUT2D eigenvalue weighted by Crippen LogP contribution is -2.26. The van der Waals surface area contributed by atoms with Crippen molar-refractivity contribution in [3.8, 4) is 0 Å². The number of benzene rings is 1. The predicted octanol–water partition coefficient (Wildman–Crippen LogP) is 4.57. The minimum Gasteiger partial charge on any atom is -0.462 e. The summed E-state index contributed by atoms with van der Waals surface area (Å²) in [5.41, 5.74) is 2.87. The van der Waals surface area contributed by atoms with Gasteiger partial charge in [-0.15, -0.1) is 0 Å². The van der Waals surface area contributed by atoms with Gasteiger partial charge in [-0.05, 0) is 45.4 Å². The number of rotatable bonds is 6. The van der Waals surface area contributed by atoms with Crippen molar-refractivity contribution >= 4 is 34.0 Å². The maximum Gasteiger partial charge on any atom is 0.340 e. The topological polar surface area (TPSA) is 51.2 Å². The van der Waals surface area contributed by atoms with Gasteiger partial charge in [0.05, 0.1) is 17.7 Å². The van der Waals surface area contributed by atoms with Crippen LogP contribution >= 0.6 is 11.6 Å². The lowest BCUT2D eigenvalue weighted by molar-refractivity contribution is -0.136. The molecule has 1 N–H and O–H groups in total. The van der Waals surface area contributed by atoms with Gasteiger partial charge in [0, 0.05) is 33.9 Å². The second kappa shape index (κ2) is 8.15. The summed E-state index contributed by atoms with van der Waals surface area (Å²) in [5, 5.41) is 4.86. The first kappa shape index (κ1) is 18.3. The Morgan fingerprint density at radius 2 is 2.08 bits per heavy atom. The van der Waals surface area contributed by atoms with Crippen LogP contribution in [0.2, 0.25) is 5.02 Å². The fourth-order valence-electron chi connectivity index (χ4n) is 2.55. The number of allylic oxidation sites excluding steroid dienone is 1. The van der Waals surface area contributed by atoms with Crippen molar-refractivity contribution in [2.75, 3.05) is 6.61 Å². The summed E-state index contributed by atoms with van der Waals surface area (Å²) in [5.74, 6) is -0.340. The molecule has 0 saturated carbocycles. The fraction of sp³-hybridized carbons (Fsp3) is 0.368. The van der Waals surface area contributed by atoms with Crippen LogP contribution < -0.4 is 5.32 Å². The number of carbonyl (C=O) groups excluding carboxylic acids is 1. The van der Waals surface area contributed by atoms with Gasteiger partial charge in [0.15, 0.2) is 0 Å². The van der Waals surface area contributed by atoms with E-state index in [0.29, 0.717) is 17.2 Å². The van der Waals surface area contributed by atoms with Crippen molar-refractivity contribution in [3.63, 3.8) is 0 Å². The molecule has 0 aliphatic heterocycles. The molecule has 0 aliphatic rings. The number of carbonyl (C=O) groups is 1. The first-order chi connectivity index (χ1) is 11.5. The van der Waals surface area contributed by atoms with Gasteiger partial charge in [-0.1, -0.05) is 24.6 Å². The summed E-state index contributed by atoms with van der Waals surface area (Å²) >= 11 is 6.06. The molecule has 1 heterocycles. The van der Waals surface area contributed by atoms with Crippen LogP contribution in [0.5, 0.6) is 0 Å². The summed E-state index contributed by atoms with van der Waals surface area (Å²) in [7, 11) is 0. The number of fused-ring (bicyclic) bond motifs is 1. The molecule has 1 atom stereocenters. The summed E-state index contributed by atoms with van der Waals surface area (Å²) in [4.78, 5) is 16.9. The van der Waals surface area contributed by atoms with Crippen LogP contribution in [0, 0.1) is 0 Å². The zero-order valence-electron chi connectivity index (χ0n) is 14.5. The van der Waals surface area contributed by atoms with Gasteiger partial charge in [-0.25, -0.2) is 4.79 Å². The Bertz CT molecular complexity index is 771.